The minimum Gasteiger partial charge on any atom is -0.437 e. The van der Waals surface area contributed by atoms with E-state index in [0.717, 1.165) is 0 Å². The fourth-order valence-electron chi connectivity index (χ4n) is 3.33. The Hall–Kier alpha value is 0.105. The molecule has 0 bridgehead atoms. The Morgan fingerprint density at radius 2 is 1.85 bits per heavy atom. The van der Waals surface area contributed by atoms with Crippen molar-refractivity contribution in [3.8, 4) is 0 Å². The number of aliphatic hydroxyl groups is 1. The molecule has 9 atom stereocenters. The molecule has 26 heavy (non-hydrogen) atoms. The van der Waals surface area contributed by atoms with Gasteiger partial charge in [-0.3, -0.25) is 9.09 Å². The van der Waals surface area contributed by atoms with Gasteiger partial charge >= 0.3 is 7.60 Å². The van der Waals surface area contributed by atoms with Crippen molar-refractivity contribution in [2.24, 2.45) is 0 Å². The second-order valence-electron chi connectivity index (χ2n) is 6.64. The highest BCUT2D eigenvalue weighted by molar-refractivity contribution is 7.53. The Morgan fingerprint density at radius 1 is 1.19 bits per heavy atom. The van der Waals surface area contributed by atoms with Crippen molar-refractivity contribution < 1.29 is 42.3 Å². The van der Waals surface area contributed by atoms with E-state index in [4.69, 9.17) is 35.3 Å². The summed E-state index contributed by atoms with van der Waals surface area (Å²) in [7, 11) is 1.25. The molecule has 2 heterocycles. The van der Waals surface area contributed by atoms with Gasteiger partial charge in [0.2, 0.25) is 0 Å². The van der Waals surface area contributed by atoms with Gasteiger partial charge in [-0.1, -0.05) is 0 Å². The van der Waals surface area contributed by atoms with Crippen LogP contribution >= 0.6 is 7.60 Å². The number of rotatable bonds is 10. The van der Waals surface area contributed by atoms with Crippen molar-refractivity contribution in [1.29, 1.82) is 2.67 Å². The van der Waals surface area contributed by atoms with E-state index in [1.54, 1.807) is 15.7 Å². The zero-order valence-electron chi connectivity index (χ0n) is 17.8. The smallest absolute Gasteiger partial charge is 0.328 e. The molecule has 0 aromatic rings. The van der Waals surface area contributed by atoms with Crippen LogP contribution in [0.2, 0.25) is 0 Å². The highest BCUT2D eigenvalue weighted by atomic mass is 31.2. The van der Waals surface area contributed by atoms with E-state index >= 15 is 0 Å². The van der Waals surface area contributed by atoms with Gasteiger partial charge in [0.1, 0.15) is 46.2 Å². The van der Waals surface area contributed by atoms with E-state index in [1.165, 1.54) is 20.9 Å². The average molecular weight is 395 g/mol. The minimum atomic E-state index is -3.59. The van der Waals surface area contributed by atoms with Crippen LogP contribution in [0.15, 0.2) is 0 Å². The number of ether oxygens (including phenoxy) is 4. The summed E-state index contributed by atoms with van der Waals surface area (Å²) in [5.41, 5.74) is 0. The molecule has 2 aliphatic rings. The lowest BCUT2D eigenvalue weighted by molar-refractivity contribution is -0.0369. The first-order valence-corrected chi connectivity index (χ1v) is 10.5. The van der Waals surface area contributed by atoms with Crippen LogP contribution in [-0.2, 0) is 37.2 Å². The lowest BCUT2D eigenvalue weighted by atomic mass is 9.92. The second-order valence-corrected chi connectivity index (χ2v) is 8.66. The molecule has 2 saturated heterocycles. The zero-order valence-corrected chi connectivity index (χ0v) is 16.7. The van der Waals surface area contributed by atoms with Gasteiger partial charge in [0.25, 0.3) is 7.98 Å². The Kier molecular flexibility index (Phi) is 7.13. The van der Waals surface area contributed by atoms with Crippen LogP contribution in [-0.4, -0.2) is 114 Å². The zero-order chi connectivity index (χ0) is 21.1. The Balaban J connectivity index is 2.02. The summed E-state index contributed by atoms with van der Waals surface area (Å²) in [6.07, 6.45) is -4.20. The predicted octanol–water partition coefficient (Wildman–Crippen LogP) is -3.12. The maximum absolute atomic E-state index is 12.9. The van der Waals surface area contributed by atoms with E-state index < -0.39 is 64.2 Å². The van der Waals surface area contributed by atoms with Crippen LogP contribution in [0.4, 0.5) is 0 Å². The molecule has 2 aliphatic heterocycles. The van der Waals surface area contributed by atoms with E-state index in [9.17, 15) is 9.67 Å². The second kappa shape index (κ2) is 9.54. The van der Waals surface area contributed by atoms with Crippen LogP contribution in [0, 0.1) is 0 Å². The molecule has 9 nitrogen and oxygen atoms in total. The largest absolute Gasteiger partial charge is 0.437 e. The van der Waals surface area contributed by atoms with Crippen molar-refractivity contribution in [2.45, 2.75) is 48.6 Å². The van der Waals surface area contributed by atoms with Gasteiger partial charge < -0.3 is 33.2 Å². The Bertz CT molecular complexity index is 551. The van der Waals surface area contributed by atoms with Gasteiger partial charge in [0.05, 0.1) is 31.3 Å². The number of hydrogen-bond acceptors (Lipinski definition) is 9. The van der Waals surface area contributed by atoms with Gasteiger partial charge in [-0.15, -0.1) is 0 Å². The number of aliphatic hydroxyl groups excluding tert-OH is 1. The first-order chi connectivity index (χ1) is 13.1. The van der Waals surface area contributed by atoms with Crippen molar-refractivity contribution >= 4 is 31.3 Å². The van der Waals surface area contributed by atoms with Crippen molar-refractivity contribution in [2.75, 3.05) is 34.1 Å². The van der Waals surface area contributed by atoms with Crippen molar-refractivity contribution in [1.82, 2.24) is 0 Å². The lowest BCUT2D eigenvalue weighted by Crippen LogP contribution is -2.39. The molecule has 148 valence electrons. The van der Waals surface area contributed by atoms with E-state index in [2.05, 4.69) is 0 Å². The molecule has 0 radical (unpaired) electrons. The summed E-state index contributed by atoms with van der Waals surface area (Å²) in [5.74, 6) is 0. The molecule has 2 rings (SSSR count). The number of hydrogen-bond donors (Lipinski definition) is 1. The predicted molar refractivity (Wildman–Crippen MR) is 101 cm³/mol. The van der Waals surface area contributed by atoms with Crippen LogP contribution in [0.3, 0.4) is 0 Å². The van der Waals surface area contributed by atoms with E-state index in [0.29, 0.717) is 0 Å². The van der Waals surface area contributed by atoms with Gasteiger partial charge in [-0.05, 0) is 0 Å². The Labute approximate surface area is 159 Å². The molecule has 3 unspecified atom stereocenters. The maximum atomic E-state index is 12.9. The summed E-state index contributed by atoms with van der Waals surface area (Å²) in [6, 6.07) is -0.912. The molecule has 0 spiro atoms. The van der Waals surface area contributed by atoms with Gasteiger partial charge in [0, 0.05) is 23.6 Å². The fraction of sp³-hybridized carbons (Fsp3) is 1.00. The monoisotopic (exact) mass is 395 g/mol. The molecule has 0 saturated carbocycles. The summed E-state index contributed by atoms with van der Waals surface area (Å²) >= 11 is 0. The highest BCUT2D eigenvalue weighted by Crippen LogP contribution is 2.48. The molecule has 1 N–H and O–H groups in total. The fourth-order valence-corrected chi connectivity index (χ4v) is 4.51. The van der Waals surface area contributed by atoms with E-state index in [-0.39, 0.29) is 13.2 Å². The third-order valence-electron chi connectivity index (χ3n) is 4.66. The molecule has 13 heteroatoms. The first kappa shape index (κ1) is 19.4. The normalized spacial score (nSPS) is 43.7. The molecule has 0 aromatic heterocycles. The molecule has 0 amide bonds. The van der Waals surface area contributed by atoms with Crippen LogP contribution in [0.5, 0.6) is 0 Å². The minimum absolute atomic E-state index is 0.100. The SMILES string of the molecule is [2H]B([3H])O[C@H]1C(OP(C)(=O)OC[C@H]2O[C@@H](B)[C@@H](O)C2OC)[C@@H](COC)O[C@H]1B. The number of methoxy groups -OCH3 is 2. The van der Waals surface area contributed by atoms with Crippen molar-refractivity contribution in [3.05, 3.63) is 0 Å². The summed E-state index contributed by atoms with van der Waals surface area (Å²) < 4.78 is 65.8. The lowest BCUT2D eigenvalue weighted by Gasteiger charge is -2.27. The third kappa shape index (κ3) is 5.13. The third-order valence-corrected chi connectivity index (χ3v) is 5.91. The molecule has 0 aliphatic carbocycles. The summed E-state index contributed by atoms with van der Waals surface area (Å²) in [5, 5.41) is 10.0. The summed E-state index contributed by atoms with van der Waals surface area (Å²) in [6.45, 7) is 1.37. The standard InChI is InChI=1S/C13H28B3O9P/c1-19-4-6-10(11(24-16)13(15)23-6)25-26(3,18)21-5-7-9(20-2)8(17)12(14)22-7/h6-13,17H,4-5,14-16H2,1-3H3/t6-,7-,8+,9?,10?,11+,12-,13-,26?/m1/s1/i16TD. The summed E-state index contributed by atoms with van der Waals surface area (Å²) in [4.78, 5) is 0. The van der Waals surface area contributed by atoms with Gasteiger partial charge in [-0.25, -0.2) is 0 Å². The molecular weight excluding hydrogens is 364 g/mol. The van der Waals surface area contributed by atoms with Crippen LogP contribution in [0.25, 0.3) is 0 Å². The van der Waals surface area contributed by atoms with Gasteiger partial charge in [-0.2, -0.15) is 0 Å². The van der Waals surface area contributed by atoms with Crippen LogP contribution < -0.4 is 0 Å². The molecule has 2 fully saturated rings. The average Bonchev–Trinajstić information content (AvgIpc) is 3.03. The first-order valence-electron chi connectivity index (χ1n) is 9.66. The molecular formula is C13H28B3O9P. The Morgan fingerprint density at radius 3 is 2.46 bits per heavy atom. The topological polar surface area (TPSA) is 102 Å². The highest BCUT2D eigenvalue weighted by Gasteiger charge is 2.47. The molecule has 0 aromatic carbocycles. The van der Waals surface area contributed by atoms with E-state index in [1.807, 2.05) is 0 Å². The van der Waals surface area contributed by atoms with Gasteiger partial charge in [0.15, 0.2) is 0 Å². The maximum Gasteiger partial charge on any atom is 0.328 e. The quantitative estimate of drug-likeness (QED) is 0.304. The van der Waals surface area contributed by atoms with Crippen molar-refractivity contribution in [3.63, 3.8) is 0 Å². The van der Waals surface area contributed by atoms with Crippen LogP contribution in [0.1, 0.15) is 0 Å².